The second kappa shape index (κ2) is 6.22. The fourth-order valence-corrected chi connectivity index (χ4v) is 2.23. The number of hydrogen-bond acceptors (Lipinski definition) is 1. The Kier molecular flexibility index (Phi) is 4.61. The van der Waals surface area contributed by atoms with E-state index in [1.807, 2.05) is 37.3 Å². The summed E-state index contributed by atoms with van der Waals surface area (Å²) in [6.07, 6.45) is 0. The number of hydrogen-bond donors (Lipinski definition) is 1. The number of carbonyl (C=O) groups is 1. The van der Waals surface area contributed by atoms with Gasteiger partial charge in [0.2, 0.25) is 0 Å². The van der Waals surface area contributed by atoms with Crippen molar-refractivity contribution in [3.05, 3.63) is 63.6 Å². The molecule has 4 heteroatoms. The Morgan fingerprint density at radius 2 is 1.89 bits per heavy atom. The van der Waals surface area contributed by atoms with Gasteiger partial charge in [-0.2, -0.15) is 0 Å². The molecular formula is C15H13BrClNO. The highest BCUT2D eigenvalue weighted by Gasteiger charge is 2.08. The van der Waals surface area contributed by atoms with Crippen molar-refractivity contribution in [3.8, 4) is 0 Å². The summed E-state index contributed by atoms with van der Waals surface area (Å²) in [5.74, 6) is 0.328. The van der Waals surface area contributed by atoms with Crippen LogP contribution >= 0.6 is 27.5 Å². The lowest BCUT2D eigenvalue weighted by atomic mass is 10.1. The van der Waals surface area contributed by atoms with Gasteiger partial charge in [0.05, 0.1) is 0 Å². The molecule has 2 aromatic rings. The molecule has 0 atom stereocenters. The van der Waals surface area contributed by atoms with E-state index in [0.29, 0.717) is 11.4 Å². The fourth-order valence-electron chi connectivity index (χ4n) is 1.68. The van der Waals surface area contributed by atoms with Crippen LogP contribution in [0.25, 0.3) is 0 Å². The first-order chi connectivity index (χ1) is 9.11. The number of amides is 1. The molecule has 2 nitrogen and oxygen atoms in total. The molecule has 0 aliphatic rings. The maximum absolute atomic E-state index is 12.1. The molecule has 0 spiro atoms. The van der Waals surface area contributed by atoms with Crippen LogP contribution < -0.4 is 5.32 Å². The van der Waals surface area contributed by atoms with Crippen molar-refractivity contribution in [1.82, 2.24) is 0 Å². The first-order valence-corrected chi connectivity index (χ1v) is 7.16. The third-order valence-electron chi connectivity index (χ3n) is 2.89. The molecule has 0 saturated carbocycles. The van der Waals surface area contributed by atoms with Crippen molar-refractivity contribution < 1.29 is 4.79 Å². The van der Waals surface area contributed by atoms with Crippen molar-refractivity contribution in [1.29, 1.82) is 0 Å². The summed E-state index contributed by atoms with van der Waals surface area (Å²) in [5, 5.41) is 2.90. The smallest absolute Gasteiger partial charge is 0.255 e. The second-order valence-electron chi connectivity index (χ2n) is 4.20. The average Bonchev–Trinajstić information content (AvgIpc) is 2.44. The Hall–Kier alpha value is -1.32. The van der Waals surface area contributed by atoms with Crippen LogP contribution in [0.3, 0.4) is 0 Å². The molecule has 0 aliphatic heterocycles. The zero-order valence-corrected chi connectivity index (χ0v) is 12.8. The van der Waals surface area contributed by atoms with E-state index in [-0.39, 0.29) is 5.91 Å². The number of alkyl halides is 1. The predicted octanol–water partition coefficient (Wildman–Crippen LogP) is 4.75. The molecule has 0 aliphatic carbocycles. The van der Waals surface area contributed by atoms with Crippen molar-refractivity contribution >= 4 is 39.1 Å². The summed E-state index contributed by atoms with van der Waals surface area (Å²) < 4.78 is 0.975. The maximum atomic E-state index is 12.1. The van der Waals surface area contributed by atoms with Gasteiger partial charge in [0.25, 0.3) is 5.91 Å². The highest BCUT2D eigenvalue weighted by Crippen LogP contribution is 2.24. The highest BCUT2D eigenvalue weighted by molar-refractivity contribution is 9.10. The van der Waals surface area contributed by atoms with Crippen molar-refractivity contribution in [2.75, 3.05) is 5.32 Å². The lowest BCUT2D eigenvalue weighted by molar-refractivity contribution is 0.102. The van der Waals surface area contributed by atoms with E-state index in [4.69, 9.17) is 11.6 Å². The highest BCUT2D eigenvalue weighted by atomic mass is 79.9. The molecule has 2 rings (SSSR count). The lowest BCUT2D eigenvalue weighted by Gasteiger charge is -2.09. The monoisotopic (exact) mass is 337 g/mol. The van der Waals surface area contributed by atoms with Crippen LogP contribution in [0.4, 0.5) is 5.69 Å². The van der Waals surface area contributed by atoms with Crippen LogP contribution in [0.2, 0.25) is 0 Å². The molecule has 0 fully saturated rings. The largest absolute Gasteiger partial charge is 0.322 e. The lowest BCUT2D eigenvalue weighted by Crippen LogP contribution is -2.12. The van der Waals surface area contributed by atoms with Gasteiger partial charge >= 0.3 is 0 Å². The number of rotatable bonds is 3. The van der Waals surface area contributed by atoms with E-state index < -0.39 is 0 Å². The molecule has 1 N–H and O–H groups in total. The SMILES string of the molecule is Cc1c(Br)cccc1NC(=O)c1ccc(CCl)cc1. The molecule has 0 unspecified atom stereocenters. The Balaban J connectivity index is 2.18. The van der Waals surface area contributed by atoms with Gasteiger partial charge in [-0.1, -0.05) is 34.1 Å². The van der Waals surface area contributed by atoms with Gasteiger partial charge in [-0.25, -0.2) is 0 Å². The zero-order chi connectivity index (χ0) is 13.8. The van der Waals surface area contributed by atoms with Gasteiger partial charge in [-0.3, -0.25) is 4.79 Å². The Morgan fingerprint density at radius 3 is 2.53 bits per heavy atom. The molecule has 1 amide bonds. The third-order valence-corrected chi connectivity index (χ3v) is 4.05. The number of nitrogens with one attached hydrogen (secondary N) is 1. The fraction of sp³-hybridized carbons (Fsp3) is 0.133. The molecule has 0 aromatic heterocycles. The van der Waals surface area contributed by atoms with Crippen LogP contribution in [0, 0.1) is 6.92 Å². The van der Waals surface area contributed by atoms with Gasteiger partial charge in [-0.15, -0.1) is 11.6 Å². The molecule has 0 heterocycles. The van der Waals surface area contributed by atoms with E-state index >= 15 is 0 Å². The van der Waals surface area contributed by atoms with Crippen LogP contribution in [0.15, 0.2) is 46.9 Å². The second-order valence-corrected chi connectivity index (χ2v) is 5.32. The summed E-state index contributed by atoms with van der Waals surface area (Å²) in [5.41, 5.74) is 3.43. The Labute approximate surface area is 125 Å². The van der Waals surface area contributed by atoms with Crippen LogP contribution in [-0.2, 0) is 5.88 Å². The Bertz CT molecular complexity index is 596. The summed E-state index contributed by atoms with van der Waals surface area (Å²) in [4.78, 5) is 12.1. The van der Waals surface area contributed by atoms with E-state index in [9.17, 15) is 4.79 Å². The normalized spacial score (nSPS) is 10.3. The molecule has 0 saturated heterocycles. The van der Waals surface area contributed by atoms with Gasteiger partial charge in [0, 0.05) is 21.6 Å². The Morgan fingerprint density at radius 1 is 1.21 bits per heavy atom. The van der Waals surface area contributed by atoms with Crippen LogP contribution in [0.1, 0.15) is 21.5 Å². The van der Waals surface area contributed by atoms with E-state index in [1.54, 1.807) is 12.1 Å². The number of carbonyl (C=O) groups excluding carboxylic acids is 1. The molecule has 2 aromatic carbocycles. The topological polar surface area (TPSA) is 29.1 Å². The van der Waals surface area contributed by atoms with Crippen LogP contribution in [0.5, 0.6) is 0 Å². The molecule has 19 heavy (non-hydrogen) atoms. The van der Waals surface area contributed by atoms with Gasteiger partial charge in [0.15, 0.2) is 0 Å². The van der Waals surface area contributed by atoms with Crippen molar-refractivity contribution in [2.24, 2.45) is 0 Å². The molecule has 98 valence electrons. The summed E-state index contributed by atoms with van der Waals surface area (Å²) >= 11 is 9.17. The van der Waals surface area contributed by atoms with Gasteiger partial charge in [-0.05, 0) is 42.3 Å². The average molecular weight is 339 g/mol. The molecule has 0 bridgehead atoms. The van der Waals surface area contributed by atoms with E-state index in [0.717, 1.165) is 21.3 Å². The zero-order valence-electron chi connectivity index (χ0n) is 10.4. The maximum Gasteiger partial charge on any atom is 0.255 e. The first kappa shape index (κ1) is 14.1. The minimum atomic E-state index is -0.123. The third kappa shape index (κ3) is 3.37. The minimum Gasteiger partial charge on any atom is -0.322 e. The molecule has 0 radical (unpaired) electrons. The standard InChI is InChI=1S/C15H13BrClNO/c1-10-13(16)3-2-4-14(10)18-15(19)12-7-5-11(9-17)6-8-12/h2-8H,9H2,1H3,(H,18,19). The summed E-state index contributed by atoms with van der Waals surface area (Å²) in [6.45, 7) is 1.95. The predicted molar refractivity (Wildman–Crippen MR) is 82.8 cm³/mol. The van der Waals surface area contributed by atoms with E-state index in [1.165, 1.54) is 0 Å². The van der Waals surface area contributed by atoms with Crippen LogP contribution in [-0.4, -0.2) is 5.91 Å². The van der Waals surface area contributed by atoms with Gasteiger partial charge in [0.1, 0.15) is 0 Å². The minimum absolute atomic E-state index is 0.123. The first-order valence-electron chi connectivity index (χ1n) is 5.83. The van der Waals surface area contributed by atoms with Crippen molar-refractivity contribution in [3.63, 3.8) is 0 Å². The van der Waals surface area contributed by atoms with E-state index in [2.05, 4.69) is 21.2 Å². The quantitative estimate of drug-likeness (QED) is 0.804. The number of halogens is 2. The summed E-state index contributed by atoms with van der Waals surface area (Å²) in [6, 6.07) is 13.0. The van der Waals surface area contributed by atoms with Crippen molar-refractivity contribution in [2.45, 2.75) is 12.8 Å². The summed E-state index contributed by atoms with van der Waals surface area (Å²) in [7, 11) is 0. The number of anilines is 1. The number of benzene rings is 2. The van der Waals surface area contributed by atoms with Gasteiger partial charge < -0.3 is 5.32 Å². The molecular weight excluding hydrogens is 326 g/mol.